The van der Waals surface area contributed by atoms with Crippen LogP contribution >= 0.6 is 11.3 Å². The molecule has 4 nitrogen and oxygen atoms in total. The van der Waals surface area contributed by atoms with Crippen molar-refractivity contribution in [2.24, 2.45) is 0 Å². The monoisotopic (exact) mass is 301 g/mol. The second kappa shape index (κ2) is 5.95. The smallest absolute Gasteiger partial charge is 0.213 e. The molecule has 1 aromatic carbocycles. The van der Waals surface area contributed by atoms with Gasteiger partial charge in [-0.05, 0) is 18.4 Å². The maximum absolute atomic E-state index is 9.69. The summed E-state index contributed by atoms with van der Waals surface area (Å²) in [5.41, 5.74) is 3.97. The molecule has 0 aliphatic heterocycles. The Hall–Kier alpha value is -1.72. The van der Waals surface area contributed by atoms with E-state index in [2.05, 4.69) is 48.2 Å². The maximum atomic E-state index is 9.69. The Morgan fingerprint density at radius 3 is 2.57 bits per heavy atom. The lowest BCUT2D eigenvalue weighted by atomic mass is 10.1. The van der Waals surface area contributed by atoms with E-state index in [1.54, 1.807) is 15.9 Å². The van der Waals surface area contributed by atoms with Gasteiger partial charge in [0, 0.05) is 5.56 Å². The molecular formula is C16H19N3OS. The third-order valence-corrected chi connectivity index (χ3v) is 4.61. The van der Waals surface area contributed by atoms with Crippen molar-refractivity contribution in [3.8, 4) is 11.3 Å². The normalized spacial score (nSPS) is 11.4. The number of aliphatic hydroxyl groups excluding tert-OH is 1. The van der Waals surface area contributed by atoms with Gasteiger partial charge in [-0.2, -0.15) is 5.10 Å². The summed E-state index contributed by atoms with van der Waals surface area (Å²) in [4.78, 5) is 5.51. The molecule has 0 aliphatic carbocycles. The Bertz CT molecular complexity index is 743. The van der Waals surface area contributed by atoms with E-state index in [0.29, 0.717) is 0 Å². The van der Waals surface area contributed by atoms with Crippen molar-refractivity contribution in [1.29, 1.82) is 0 Å². The number of hydrogen-bond donors (Lipinski definition) is 1. The molecule has 0 amide bonds. The van der Waals surface area contributed by atoms with E-state index in [1.807, 2.05) is 0 Å². The van der Waals surface area contributed by atoms with Gasteiger partial charge >= 0.3 is 0 Å². The number of benzene rings is 1. The lowest BCUT2D eigenvalue weighted by Gasteiger charge is -2.03. The predicted molar refractivity (Wildman–Crippen MR) is 85.6 cm³/mol. The van der Waals surface area contributed by atoms with Gasteiger partial charge in [0.15, 0.2) is 0 Å². The molecule has 2 aromatic heterocycles. The van der Waals surface area contributed by atoms with Gasteiger partial charge in [0.2, 0.25) is 4.96 Å². The topological polar surface area (TPSA) is 50.4 Å². The second-order valence-electron chi connectivity index (χ2n) is 5.06. The van der Waals surface area contributed by atoms with E-state index in [9.17, 15) is 5.11 Å². The van der Waals surface area contributed by atoms with Crippen LogP contribution in [0, 0.1) is 0 Å². The second-order valence-corrected chi connectivity index (χ2v) is 6.10. The first-order chi connectivity index (χ1) is 10.3. The van der Waals surface area contributed by atoms with Gasteiger partial charge in [-0.15, -0.1) is 0 Å². The first-order valence-corrected chi connectivity index (χ1v) is 8.16. The van der Waals surface area contributed by atoms with Gasteiger partial charge in [-0.1, -0.05) is 55.9 Å². The van der Waals surface area contributed by atoms with Crippen LogP contribution in [-0.2, 0) is 19.4 Å². The predicted octanol–water partition coefficient (Wildman–Crippen LogP) is 3.47. The van der Waals surface area contributed by atoms with E-state index >= 15 is 0 Å². The van der Waals surface area contributed by atoms with Gasteiger partial charge in [-0.3, -0.25) is 0 Å². The van der Waals surface area contributed by atoms with Gasteiger partial charge < -0.3 is 5.11 Å². The number of fused-ring (bicyclic) bond motifs is 1. The molecule has 0 unspecified atom stereocenters. The van der Waals surface area contributed by atoms with E-state index < -0.39 is 0 Å². The van der Waals surface area contributed by atoms with Crippen LogP contribution in [0.25, 0.3) is 16.2 Å². The summed E-state index contributed by atoms with van der Waals surface area (Å²) in [6.07, 6.45) is 3.12. The molecule has 3 aromatic rings. The zero-order chi connectivity index (χ0) is 14.8. The summed E-state index contributed by atoms with van der Waals surface area (Å²) in [6, 6.07) is 8.44. The molecule has 0 saturated heterocycles. The summed E-state index contributed by atoms with van der Waals surface area (Å²) in [5.74, 6) is 0. The average Bonchev–Trinajstić information content (AvgIpc) is 3.05. The molecule has 0 atom stereocenters. The standard InChI is InChI=1S/C16H19N3OS/c1-3-5-11-6-8-12(9-7-11)15-13(10-20)19-16(17-15)21-14(4-2)18-19/h6-9,20H,3-5,10H2,1-2H3. The third kappa shape index (κ3) is 2.59. The number of aryl methyl sites for hydroxylation is 2. The number of hydrogen-bond acceptors (Lipinski definition) is 4. The fraction of sp³-hybridized carbons (Fsp3) is 0.375. The Kier molecular flexibility index (Phi) is 4.03. The van der Waals surface area contributed by atoms with Gasteiger partial charge in [-0.25, -0.2) is 9.50 Å². The quantitative estimate of drug-likeness (QED) is 0.785. The van der Waals surface area contributed by atoms with Crippen LogP contribution in [0.3, 0.4) is 0 Å². The molecule has 0 radical (unpaired) electrons. The molecule has 1 N–H and O–H groups in total. The highest BCUT2D eigenvalue weighted by Gasteiger charge is 2.16. The Balaban J connectivity index is 2.04. The van der Waals surface area contributed by atoms with Crippen LogP contribution in [0.15, 0.2) is 24.3 Å². The minimum Gasteiger partial charge on any atom is -0.390 e. The molecule has 0 aliphatic rings. The van der Waals surface area contributed by atoms with Crippen molar-refractivity contribution in [3.63, 3.8) is 0 Å². The fourth-order valence-electron chi connectivity index (χ4n) is 2.46. The summed E-state index contributed by atoms with van der Waals surface area (Å²) in [6.45, 7) is 4.20. The Morgan fingerprint density at radius 1 is 1.19 bits per heavy atom. The van der Waals surface area contributed by atoms with E-state index in [-0.39, 0.29) is 6.61 Å². The summed E-state index contributed by atoms with van der Waals surface area (Å²) in [7, 11) is 0. The van der Waals surface area contributed by atoms with Gasteiger partial charge in [0.05, 0.1) is 18.0 Å². The highest BCUT2D eigenvalue weighted by Crippen LogP contribution is 2.27. The minimum atomic E-state index is -0.0555. The van der Waals surface area contributed by atoms with Crippen LogP contribution in [0.1, 0.15) is 36.5 Å². The summed E-state index contributed by atoms with van der Waals surface area (Å²) in [5, 5.41) is 15.2. The Labute approximate surface area is 128 Å². The zero-order valence-electron chi connectivity index (χ0n) is 12.3. The maximum Gasteiger partial charge on any atom is 0.213 e. The lowest BCUT2D eigenvalue weighted by molar-refractivity contribution is 0.275. The van der Waals surface area contributed by atoms with Crippen LogP contribution < -0.4 is 0 Å². The molecule has 3 rings (SSSR count). The molecule has 5 heteroatoms. The van der Waals surface area contributed by atoms with Crippen LogP contribution in [0.4, 0.5) is 0 Å². The Morgan fingerprint density at radius 2 is 1.95 bits per heavy atom. The molecule has 2 heterocycles. The van der Waals surface area contributed by atoms with Crippen LogP contribution in [0.2, 0.25) is 0 Å². The highest BCUT2D eigenvalue weighted by atomic mass is 32.1. The number of nitrogens with zero attached hydrogens (tertiary/aromatic N) is 3. The number of rotatable bonds is 5. The zero-order valence-corrected chi connectivity index (χ0v) is 13.2. The van der Waals surface area contributed by atoms with Crippen molar-refractivity contribution in [2.45, 2.75) is 39.7 Å². The van der Waals surface area contributed by atoms with Crippen molar-refractivity contribution >= 4 is 16.3 Å². The first-order valence-electron chi connectivity index (χ1n) is 7.34. The molecule has 0 spiro atoms. The molecule has 0 fully saturated rings. The fourth-order valence-corrected chi connectivity index (χ4v) is 3.32. The first kappa shape index (κ1) is 14.2. The highest BCUT2D eigenvalue weighted by molar-refractivity contribution is 7.16. The van der Waals surface area contributed by atoms with E-state index in [1.165, 1.54) is 5.56 Å². The minimum absolute atomic E-state index is 0.0555. The lowest BCUT2D eigenvalue weighted by Crippen LogP contribution is -1.96. The van der Waals surface area contributed by atoms with Crippen molar-refractivity contribution in [3.05, 3.63) is 40.5 Å². The van der Waals surface area contributed by atoms with Crippen molar-refractivity contribution in [2.75, 3.05) is 0 Å². The van der Waals surface area contributed by atoms with E-state index in [4.69, 9.17) is 0 Å². The molecular weight excluding hydrogens is 282 g/mol. The van der Waals surface area contributed by atoms with Crippen LogP contribution in [0.5, 0.6) is 0 Å². The largest absolute Gasteiger partial charge is 0.390 e. The number of aromatic nitrogens is 3. The van der Waals surface area contributed by atoms with E-state index in [0.717, 1.165) is 46.2 Å². The van der Waals surface area contributed by atoms with Crippen molar-refractivity contribution in [1.82, 2.24) is 14.6 Å². The van der Waals surface area contributed by atoms with Crippen LogP contribution in [-0.4, -0.2) is 19.7 Å². The number of imidazole rings is 1. The van der Waals surface area contributed by atoms with Gasteiger partial charge in [0.1, 0.15) is 5.01 Å². The average molecular weight is 301 g/mol. The third-order valence-electron chi connectivity index (χ3n) is 3.56. The summed E-state index contributed by atoms with van der Waals surface area (Å²) >= 11 is 1.58. The molecule has 21 heavy (non-hydrogen) atoms. The number of aliphatic hydroxyl groups is 1. The summed E-state index contributed by atoms with van der Waals surface area (Å²) < 4.78 is 1.78. The molecule has 0 bridgehead atoms. The SMILES string of the molecule is CCCc1ccc(-c2nc3sc(CC)nn3c2CO)cc1. The van der Waals surface area contributed by atoms with Gasteiger partial charge in [0.25, 0.3) is 0 Å². The molecule has 110 valence electrons. The molecule has 0 saturated carbocycles. The van der Waals surface area contributed by atoms with Crippen molar-refractivity contribution < 1.29 is 5.11 Å².